The number of hydrogen-bond acceptors (Lipinski definition) is 7. The van der Waals surface area contributed by atoms with Crippen LogP contribution in [0.25, 0.3) is 20.4 Å². The maximum absolute atomic E-state index is 13.9. The summed E-state index contributed by atoms with van der Waals surface area (Å²) >= 11 is 2.83. The molecule has 1 aliphatic rings. The number of anilines is 1. The molecule has 0 aliphatic carbocycles. The molecule has 160 valence electrons. The number of hydrogen-bond donors (Lipinski definition) is 1. The van der Waals surface area contributed by atoms with Crippen molar-refractivity contribution in [3.05, 3.63) is 53.0 Å². The minimum atomic E-state index is -0.624. The second-order valence-corrected chi connectivity index (χ2v) is 9.25. The fourth-order valence-corrected chi connectivity index (χ4v) is 5.44. The van der Waals surface area contributed by atoms with Gasteiger partial charge in [-0.05, 0) is 24.3 Å². The molecular formula is C21H19F2N5OS2. The van der Waals surface area contributed by atoms with Gasteiger partial charge in [0.05, 0.1) is 20.4 Å². The fraction of sp³-hybridized carbons (Fsp3) is 0.286. The Morgan fingerprint density at radius 1 is 1.10 bits per heavy atom. The Hall–Kier alpha value is -2.69. The fourth-order valence-electron chi connectivity index (χ4n) is 3.67. The molecule has 0 unspecified atom stereocenters. The third kappa shape index (κ3) is 4.23. The van der Waals surface area contributed by atoms with Gasteiger partial charge < -0.3 is 10.2 Å². The number of nitrogens with one attached hydrogen (secondary N) is 1. The van der Waals surface area contributed by atoms with Gasteiger partial charge in [-0.25, -0.2) is 18.7 Å². The SMILES string of the molecule is O=C(NCCN1CCN(c2nc3c(F)cc(F)cc3s2)CC1)c1ccc2ncsc2c1. The van der Waals surface area contributed by atoms with Crippen molar-refractivity contribution < 1.29 is 13.6 Å². The Balaban J connectivity index is 1.12. The number of halogens is 2. The zero-order chi connectivity index (χ0) is 21.4. The Morgan fingerprint density at radius 2 is 1.94 bits per heavy atom. The van der Waals surface area contributed by atoms with Crippen molar-refractivity contribution in [1.82, 2.24) is 20.2 Å². The number of carbonyl (C=O) groups excluding carboxylic acids is 1. The highest BCUT2D eigenvalue weighted by atomic mass is 32.1. The lowest BCUT2D eigenvalue weighted by Crippen LogP contribution is -2.48. The van der Waals surface area contributed by atoms with Gasteiger partial charge >= 0.3 is 0 Å². The van der Waals surface area contributed by atoms with Gasteiger partial charge in [0.15, 0.2) is 10.9 Å². The lowest BCUT2D eigenvalue weighted by Gasteiger charge is -2.34. The molecule has 5 rings (SSSR count). The highest BCUT2D eigenvalue weighted by molar-refractivity contribution is 7.22. The molecule has 0 spiro atoms. The lowest BCUT2D eigenvalue weighted by atomic mass is 10.2. The van der Waals surface area contributed by atoms with E-state index in [4.69, 9.17) is 0 Å². The minimum absolute atomic E-state index is 0.0855. The van der Waals surface area contributed by atoms with Crippen molar-refractivity contribution in [3.8, 4) is 0 Å². The zero-order valence-corrected chi connectivity index (χ0v) is 18.1. The van der Waals surface area contributed by atoms with E-state index < -0.39 is 11.6 Å². The Kier molecular flexibility index (Phi) is 5.51. The number of aromatic nitrogens is 2. The van der Waals surface area contributed by atoms with Gasteiger partial charge in [0.1, 0.15) is 11.3 Å². The van der Waals surface area contributed by atoms with Crippen LogP contribution in [0.4, 0.5) is 13.9 Å². The predicted molar refractivity (Wildman–Crippen MR) is 120 cm³/mol. The van der Waals surface area contributed by atoms with Crippen LogP contribution in [0.5, 0.6) is 0 Å². The van der Waals surface area contributed by atoms with Gasteiger partial charge in [0.2, 0.25) is 0 Å². The number of thiazole rings is 2. The van der Waals surface area contributed by atoms with Crippen molar-refractivity contribution >= 4 is 54.1 Å². The largest absolute Gasteiger partial charge is 0.351 e. The van der Waals surface area contributed by atoms with Gasteiger partial charge in [0, 0.05) is 50.9 Å². The molecule has 0 radical (unpaired) electrons. The third-order valence-corrected chi connectivity index (χ3v) is 7.21. The van der Waals surface area contributed by atoms with Crippen LogP contribution >= 0.6 is 22.7 Å². The summed E-state index contributed by atoms with van der Waals surface area (Å²) < 4.78 is 28.9. The summed E-state index contributed by atoms with van der Waals surface area (Å²) in [6.07, 6.45) is 0. The Labute approximate surface area is 185 Å². The van der Waals surface area contributed by atoms with Crippen LogP contribution in [0.2, 0.25) is 0 Å². The summed E-state index contributed by atoms with van der Waals surface area (Å²) in [5.41, 5.74) is 3.54. The molecule has 0 saturated carbocycles. The molecule has 1 saturated heterocycles. The summed E-state index contributed by atoms with van der Waals surface area (Å²) in [7, 11) is 0. The average molecular weight is 460 g/mol. The minimum Gasteiger partial charge on any atom is -0.351 e. The van der Waals surface area contributed by atoms with Crippen molar-refractivity contribution in [2.75, 3.05) is 44.2 Å². The predicted octanol–water partition coefficient (Wildman–Crippen LogP) is 3.74. The van der Waals surface area contributed by atoms with E-state index >= 15 is 0 Å². The first-order valence-electron chi connectivity index (χ1n) is 9.91. The van der Waals surface area contributed by atoms with Gasteiger partial charge in [0.25, 0.3) is 5.91 Å². The van der Waals surface area contributed by atoms with Crippen LogP contribution in [0, 0.1) is 11.6 Å². The average Bonchev–Trinajstić information content (AvgIpc) is 3.40. The van der Waals surface area contributed by atoms with Crippen LogP contribution in [-0.2, 0) is 0 Å². The normalized spacial score (nSPS) is 15.1. The van der Waals surface area contributed by atoms with E-state index in [1.165, 1.54) is 28.7 Å². The van der Waals surface area contributed by atoms with Gasteiger partial charge in [-0.2, -0.15) is 0 Å². The van der Waals surface area contributed by atoms with Crippen LogP contribution in [0.1, 0.15) is 10.4 Å². The number of carbonyl (C=O) groups is 1. The van der Waals surface area contributed by atoms with Crippen LogP contribution in [0.3, 0.4) is 0 Å². The van der Waals surface area contributed by atoms with E-state index in [9.17, 15) is 13.6 Å². The smallest absolute Gasteiger partial charge is 0.251 e. The molecule has 3 heterocycles. The summed E-state index contributed by atoms with van der Waals surface area (Å²) in [6.45, 7) is 4.44. The van der Waals surface area contributed by atoms with E-state index in [-0.39, 0.29) is 11.4 Å². The second-order valence-electron chi connectivity index (χ2n) is 7.35. The lowest BCUT2D eigenvalue weighted by molar-refractivity contribution is 0.0948. The van der Waals surface area contributed by atoms with Crippen molar-refractivity contribution in [2.24, 2.45) is 0 Å². The van der Waals surface area contributed by atoms with Gasteiger partial charge in [-0.3, -0.25) is 9.69 Å². The molecule has 1 N–H and O–H groups in total. The van der Waals surface area contributed by atoms with Crippen molar-refractivity contribution in [2.45, 2.75) is 0 Å². The van der Waals surface area contributed by atoms with Crippen LogP contribution < -0.4 is 10.2 Å². The van der Waals surface area contributed by atoms with E-state index in [2.05, 4.69) is 25.1 Å². The summed E-state index contributed by atoms with van der Waals surface area (Å²) in [5, 5.41) is 3.69. The molecule has 2 aromatic heterocycles. The van der Waals surface area contributed by atoms with Gasteiger partial charge in [-0.15, -0.1) is 11.3 Å². The number of rotatable bonds is 5. The molecule has 0 atom stereocenters. The molecular weight excluding hydrogens is 440 g/mol. The standard InChI is InChI=1S/C21H19F2N5OS2/c22-14-10-15(23)19-18(11-14)31-21(26-19)28-7-5-27(6-8-28)4-3-24-20(29)13-1-2-16-17(9-13)30-12-25-16/h1-2,9-12H,3-8H2,(H,24,29). The number of benzene rings is 2. The number of nitrogens with zero attached hydrogens (tertiary/aromatic N) is 4. The topological polar surface area (TPSA) is 61.4 Å². The molecule has 4 aromatic rings. The second kappa shape index (κ2) is 8.45. The highest BCUT2D eigenvalue weighted by Crippen LogP contribution is 2.31. The monoisotopic (exact) mass is 459 g/mol. The molecule has 1 fully saturated rings. The van der Waals surface area contributed by atoms with E-state index in [1.807, 2.05) is 12.1 Å². The summed E-state index contributed by atoms with van der Waals surface area (Å²) in [6, 6.07) is 7.72. The zero-order valence-electron chi connectivity index (χ0n) is 16.5. The molecule has 0 bridgehead atoms. The van der Waals surface area contributed by atoms with Crippen molar-refractivity contribution in [3.63, 3.8) is 0 Å². The summed E-state index contributed by atoms with van der Waals surface area (Å²) in [4.78, 5) is 25.4. The first-order chi connectivity index (χ1) is 15.1. The molecule has 1 aliphatic heterocycles. The highest BCUT2D eigenvalue weighted by Gasteiger charge is 2.21. The van der Waals surface area contributed by atoms with Crippen LogP contribution in [0.15, 0.2) is 35.8 Å². The first-order valence-corrected chi connectivity index (χ1v) is 11.6. The number of fused-ring (bicyclic) bond motifs is 2. The summed E-state index contributed by atoms with van der Waals surface area (Å²) in [5.74, 6) is -1.29. The maximum Gasteiger partial charge on any atom is 0.251 e. The first kappa shape index (κ1) is 20.2. The molecule has 10 heteroatoms. The van der Waals surface area contributed by atoms with Crippen LogP contribution in [-0.4, -0.2) is 60.0 Å². The number of amides is 1. The van der Waals surface area contributed by atoms with E-state index in [0.29, 0.717) is 21.9 Å². The number of piperazine rings is 1. The Morgan fingerprint density at radius 3 is 2.77 bits per heavy atom. The van der Waals surface area contributed by atoms with Crippen molar-refractivity contribution in [1.29, 1.82) is 0 Å². The van der Waals surface area contributed by atoms with E-state index in [1.54, 1.807) is 11.6 Å². The molecule has 6 nitrogen and oxygen atoms in total. The molecule has 2 aromatic carbocycles. The maximum atomic E-state index is 13.9. The molecule has 1 amide bonds. The third-order valence-electron chi connectivity index (χ3n) is 5.35. The quantitative estimate of drug-likeness (QED) is 0.493. The Bertz CT molecular complexity index is 1250. The van der Waals surface area contributed by atoms with Gasteiger partial charge in [-0.1, -0.05) is 11.3 Å². The van der Waals surface area contributed by atoms with E-state index in [0.717, 1.165) is 49.0 Å². The molecule has 31 heavy (non-hydrogen) atoms.